The first-order valence-electron chi connectivity index (χ1n) is 18.7. The summed E-state index contributed by atoms with van der Waals surface area (Å²) in [5.41, 5.74) is 5.69. The first kappa shape index (κ1) is 44.8. The molecule has 5 amide bonds. The van der Waals surface area contributed by atoms with Gasteiger partial charge in [0.2, 0.25) is 29.5 Å². The number of aliphatic hydroxyl groups excluding tert-OH is 1. The minimum Gasteiger partial charge on any atom is -0.460 e. The number of carbonyl (C=O) groups is 6. The molecule has 288 valence electrons. The molecule has 1 aliphatic rings. The van der Waals surface area contributed by atoms with Crippen molar-refractivity contribution in [3.05, 3.63) is 0 Å². The van der Waals surface area contributed by atoms with Gasteiger partial charge in [-0.05, 0) is 44.1 Å². The van der Waals surface area contributed by atoms with Gasteiger partial charge < -0.3 is 41.7 Å². The number of hydrogen-bond acceptors (Lipinski definition) is 9. The Balaban J connectivity index is 3.49. The summed E-state index contributed by atoms with van der Waals surface area (Å²) in [5.74, 6) is -5.11. The monoisotopic (exact) mass is 710 g/mol. The molecule has 1 saturated heterocycles. The number of carbonyl (C=O) groups excluding carboxylic acids is 6. The molecule has 1 aliphatic heterocycles. The zero-order valence-electron chi connectivity index (χ0n) is 31.6. The van der Waals surface area contributed by atoms with E-state index < -0.39 is 84.8 Å². The lowest BCUT2D eigenvalue weighted by molar-refractivity contribution is -0.157. The van der Waals surface area contributed by atoms with E-state index in [4.69, 9.17) is 10.5 Å². The van der Waals surface area contributed by atoms with Gasteiger partial charge in [-0.15, -0.1) is 0 Å². The van der Waals surface area contributed by atoms with E-state index in [2.05, 4.69) is 28.2 Å². The average Bonchev–Trinajstić information content (AvgIpc) is 3.08. The van der Waals surface area contributed by atoms with E-state index in [0.29, 0.717) is 19.3 Å². The van der Waals surface area contributed by atoms with Gasteiger partial charge in [-0.1, -0.05) is 92.9 Å². The van der Waals surface area contributed by atoms with Crippen LogP contribution in [0.1, 0.15) is 119 Å². The number of amides is 5. The lowest BCUT2D eigenvalue weighted by atomic mass is 9.94. The molecular formula is C36H66N6O8. The fourth-order valence-electron chi connectivity index (χ4n) is 6.02. The molecule has 7 N–H and O–H groups in total. The zero-order chi connectivity index (χ0) is 37.8. The Hall–Kier alpha value is -3.26. The van der Waals surface area contributed by atoms with Crippen LogP contribution in [0.3, 0.4) is 0 Å². The summed E-state index contributed by atoms with van der Waals surface area (Å²) in [4.78, 5) is 82.1. The van der Waals surface area contributed by atoms with Gasteiger partial charge in [0, 0.05) is 7.05 Å². The molecule has 50 heavy (non-hydrogen) atoms. The maximum absolute atomic E-state index is 14.0. The highest BCUT2D eigenvalue weighted by Gasteiger charge is 2.38. The molecule has 0 radical (unpaired) electrons. The molecule has 14 heteroatoms. The van der Waals surface area contributed by atoms with Crippen LogP contribution in [0.4, 0.5) is 0 Å². The number of nitrogens with one attached hydrogen (secondary N) is 4. The van der Waals surface area contributed by atoms with Gasteiger partial charge in [0.1, 0.15) is 36.8 Å². The van der Waals surface area contributed by atoms with E-state index in [1.807, 2.05) is 20.8 Å². The summed E-state index contributed by atoms with van der Waals surface area (Å²) in [6.45, 7) is 10.0. The minimum absolute atomic E-state index is 0.00674. The molecule has 0 aromatic carbocycles. The number of hydrogen-bond donors (Lipinski definition) is 6. The van der Waals surface area contributed by atoms with E-state index in [1.165, 1.54) is 31.2 Å². The van der Waals surface area contributed by atoms with E-state index in [9.17, 15) is 33.9 Å². The Morgan fingerprint density at radius 1 is 0.820 bits per heavy atom. The zero-order valence-corrected chi connectivity index (χ0v) is 31.6. The molecule has 0 unspecified atom stereocenters. The molecule has 0 aromatic rings. The predicted octanol–water partition coefficient (Wildman–Crippen LogP) is 1.91. The van der Waals surface area contributed by atoms with Crippen LogP contribution in [-0.2, 0) is 33.5 Å². The van der Waals surface area contributed by atoms with Gasteiger partial charge >= 0.3 is 5.97 Å². The summed E-state index contributed by atoms with van der Waals surface area (Å²) in [6.07, 6.45) is 8.92. The average molecular weight is 711 g/mol. The van der Waals surface area contributed by atoms with Crippen molar-refractivity contribution in [2.45, 2.75) is 149 Å². The third-order valence-electron chi connectivity index (χ3n) is 9.49. The van der Waals surface area contributed by atoms with Crippen molar-refractivity contribution in [3.8, 4) is 0 Å². The molecule has 0 spiro atoms. The maximum Gasteiger partial charge on any atom is 0.325 e. The van der Waals surface area contributed by atoms with Crippen molar-refractivity contribution in [2.75, 3.05) is 26.7 Å². The number of esters is 1. The van der Waals surface area contributed by atoms with Crippen LogP contribution in [0, 0.1) is 17.8 Å². The third kappa shape index (κ3) is 15.3. The third-order valence-corrected chi connectivity index (χ3v) is 9.49. The summed E-state index contributed by atoms with van der Waals surface area (Å²) in [5, 5.41) is 20.3. The van der Waals surface area contributed by atoms with Crippen molar-refractivity contribution < 1.29 is 38.6 Å². The number of ether oxygens (including phenoxy) is 1. The number of rotatable bonds is 16. The van der Waals surface area contributed by atoms with Crippen LogP contribution in [0.5, 0.6) is 0 Å². The minimum atomic E-state index is -1.44. The summed E-state index contributed by atoms with van der Waals surface area (Å²) in [7, 11) is 1.53. The van der Waals surface area contributed by atoms with E-state index in [-0.39, 0.29) is 24.8 Å². The molecule has 1 fully saturated rings. The highest BCUT2D eigenvalue weighted by molar-refractivity contribution is 5.96. The van der Waals surface area contributed by atoms with Gasteiger partial charge in [-0.2, -0.15) is 0 Å². The maximum atomic E-state index is 14.0. The summed E-state index contributed by atoms with van der Waals surface area (Å²) in [6, 6.07) is -4.65. The second-order valence-electron chi connectivity index (χ2n) is 14.1. The Labute approximate surface area is 299 Å². The first-order valence-corrected chi connectivity index (χ1v) is 18.7. The van der Waals surface area contributed by atoms with Crippen LogP contribution in [0.15, 0.2) is 0 Å². The van der Waals surface area contributed by atoms with Crippen LogP contribution in [-0.4, -0.2) is 103 Å². The van der Waals surface area contributed by atoms with Crippen LogP contribution >= 0.6 is 0 Å². The summed E-state index contributed by atoms with van der Waals surface area (Å²) < 4.78 is 5.82. The summed E-state index contributed by atoms with van der Waals surface area (Å²) >= 11 is 0. The first-order chi connectivity index (χ1) is 23.7. The molecule has 0 aliphatic carbocycles. The van der Waals surface area contributed by atoms with Crippen molar-refractivity contribution in [3.63, 3.8) is 0 Å². The van der Waals surface area contributed by atoms with Crippen LogP contribution in [0.25, 0.3) is 0 Å². The Bertz CT molecular complexity index is 1090. The topological polar surface area (TPSA) is 209 Å². The van der Waals surface area contributed by atoms with Gasteiger partial charge in [0.15, 0.2) is 0 Å². The van der Waals surface area contributed by atoms with Crippen molar-refractivity contribution >= 4 is 35.5 Å². The molecule has 0 saturated carbocycles. The highest BCUT2D eigenvalue weighted by atomic mass is 16.5. The number of likely N-dealkylation sites (N-methyl/N-ethyl adjacent to an activating group) is 1. The Morgan fingerprint density at radius 2 is 1.42 bits per heavy atom. The van der Waals surface area contributed by atoms with Gasteiger partial charge in [-0.3, -0.25) is 28.8 Å². The van der Waals surface area contributed by atoms with E-state index in [0.717, 1.165) is 32.1 Å². The molecule has 1 heterocycles. The number of nitrogens with zero attached hydrogens (tertiary/aromatic N) is 1. The number of unbranched alkanes of at least 4 members (excludes halogenated alkanes) is 7. The van der Waals surface area contributed by atoms with E-state index >= 15 is 0 Å². The van der Waals surface area contributed by atoms with Crippen molar-refractivity contribution in [1.29, 1.82) is 0 Å². The van der Waals surface area contributed by atoms with Crippen LogP contribution in [0.2, 0.25) is 0 Å². The number of nitrogens with two attached hydrogens (primary N) is 1. The second kappa shape index (κ2) is 24.0. The Morgan fingerprint density at radius 3 is 1.98 bits per heavy atom. The smallest absolute Gasteiger partial charge is 0.325 e. The molecular weight excluding hydrogens is 644 g/mol. The molecule has 0 bridgehead atoms. The second-order valence-corrected chi connectivity index (χ2v) is 14.1. The number of aliphatic hydroxyl groups is 1. The lowest BCUT2D eigenvalue weighted by Gasteiger charge is -2.34. The standard InChI is InChI=1S/C36H66N6O8/c1-8-10-11-12-13-14-15-16-17-29-25(6)36(49)42(7)28(20-23(3)4)34(47)41-31(24(5)9-2)35(48)40-27(22-43)33(46)39-26(18-19-37)32(45)38-21-30(44)50-29/h23-29,31,43H,8-22,37H2,1-7H3,(H,38,45)(H,39,46)(H,40,48)(H,41,47)/t24-,25+,26-,27-,28-,29+,31-/m0/s1. The normalized spacial score (nSPS) is 25.8. The molecule has 7 atom stereocenters. The van der Waals surface area contributed by atoms with Crippen molar-refractivity contribution in [2.24, 2.45) is 23.5 Å². The quantitative estimate of drug-likeness (QED) is 0.102. The van der Waals surface area contributed by atoms with Gasteiger partial charge in [0.05, 0.1) is 12.5 Å². The highest BCUT2D eigenvalue weighted by Crippen LogP contribution is 2.22. The predicted molar refractivity (Wildman–Crippen MR) is 191 cm³/mol. The fourth-order valence-corrected chi connectivity index (χ4v) is 6.02. The van der Waals surface area contributed by atoms with Gasteiger partial charge in [0.25, 0.3) is 0 Å². The Kier molecular flexibility index (Phi) is 21.5. The van der Waals surface area contributed by atoms with Gasteiger partial charge in [-0.25, -0.2) is 0 Å². The SMILES string of the molecule is CCCCCCCCCC[C@H]1OC(=O)CNC(=O)[C@H](CCN)NC(=O)[C@H](CO)NC(=O)[C@H]([C@@H](C)CC)NC(=O)[C@H](CC(C)C)N(C)C(=O)[C@@H]1C. The largest absolute Gasteiger partial charge is 0.460 e. The van der Waals surface area contributed by atoms with Crippen molar-refractivity contribution in [1.82, 2.24) is 26.2 Å². The number of cyclic esters (lactones) is 1. The molecule has 1 rings (SSSR count). The molecule has 0 aromatic heterocycles. The molecule has 14 nitrogen and oxygen atoms in total. The lowest BCUT2D eigenvalue weighted by Crippen LogP contribution is -2.60. The van der Waals surface area contributed by atoms with E-state index in [1.54, 1.807) is 13.8 Å². The fraction of sp³-hybridized carbons (Fsp3) is 0.833. The van der Waals surface area contributed by atoms with Crippen LogP contribution < -0.4 is 27.0 Å².